The Labute approximate surface area is 112 Å². The van der Waals surface area contributed by atoms with Crippen LogP contribution in [0.1, 0.15) is 42.6 Å². The van der Waals surface area contributed by atoms with Crippen LogP contribution in [0.2, 0.25) is 0 Å². The van der Waals surface area contributed by atoms with E-state index in [4.69, 9.17) is 0 Å². The third kappa shape index (κ3) is 2.22. The summed E-state index contributed by atoms with van der Waals surface area (Å²) in [5, 5.41) is 12.5. The Balaban J connectivity index is 1.73. The quantitative estimate of drug-likeness (QED) is 0.916. The number of fused-ring (bicyclic) bond motifs is 1. The highest BCUT2D eigenvalue weighted by Gasteiger charge is 2.23. The molecule has 0 fully saturated rings. The fraction of sp³-hybridized carbons (Fsp3) is 0.500. The minimum atomic E-state index is 0.481. The topological polar surface area (TPSA) is 29.9 Å². The second kappa shape index (κ2) is 5.24. The molecule has 96 valence electrons. The van der Waals surface area contributed by atoms with Gasteiger partial charge in [0, 0.05) is 30.4 Å². The van der Waals surface area contributed by atoms with Crippen LogP contribution in [0.25, 0.3) is 0 Å². The first-order chi connectivity index (χ1) is 8.88. The zero-order chi connectivity index (χ0) is 12.4. The molecule has 2 aromatic rings. The number of aryl methyl sites for hydroxylation is 1. The first kappa shape index (κ1) is 11.9. The Morgan fingerprint density at radius 3 is 3.28 bits per heavy atom. The summed E-state index contributed by atoms with van der Waals surface area (Å²) in [5.41, 5.74) is 4.24. The van der Waals surface area contributed by atoms with Crippen molar-refractivity contribution in [1.82, 2.24) is 15.1 Å². The van der Waals surface area contributed by atoms with Crippen molar-refractivity contribution in [2.24, 2.45) is 0 Å². The van der Waals surface area contributed by atoms with E-state index < -0.39 is 0 Å². The standard InChI is InChI=1S/C14H19N3S/c1-2-17-14-5-3-4-13(12(14)9-16-17)15-8-11-6-7-18-10-11/h6-7,9-10,13,15H,2-5,8H2,1H3. The Bertz CT molecular complexity index is 501. The number of nitrogens with zero attached hydrogens (tertiary/aromatic N) is 2. The molecule has 1 atom stereocenters. The zero-order valence-corrected chi connectivity index (χ0v) is 11.5. The lowest BCUT2D eigenvalue weighted by Crippen LogP contribution is -2.24. The number of thiophene rings is 1. The van der Waals surface area contributed by atoms with Crippen molar-refractivity contribution in [3.8, 4) is 0 Å². The summed E-state index contributed by atoms with van der Waals surface area (Å²) in [6.45, 7) is 4.10. The summed E-state index contributed by atoms with van der Waals surface area (Å²) in [6.07, 6.45) is 5.73. The largest absolute Gasteiger partial charge is 0.306 e. The molecular weight excluding hydrogens is 242 g/mol. The lowest BCUT2D eigenvalue weighted by Gasteiger charge is -2.24. The average molecular weight is 261 g/mol. The van der Waals surface area contributed by atoms with Gasteiger partial charge in [-0.05, 0) is 48.6 Å². The average Bonchev–Trinajstić information content (AvgIpc) is 3.05. The van der Waals surface area contributed by atoms with Crippen LogP contribution in [0.3, 0.4) is 0 Å². The molecule has 0 aliphatic heterocycles. The maximum Gasteiger partial charge on any atom is 0.0540 e. The van der Waals surface area contributed by atoms with Crippen LogP contribution in [-0.4, -0.2) is 9.78 Å². The molecule has 1 N–H and O–H groups in total. The molecule has 0 radical (unpaired) electrons. The molecule has 3 nitrogen and oxygen atoms in total. The number of hydrogen-bond donors (Lipinski definition) is 1. The van der Waals surface area contributed by atoms with Gasteiger partial charge in [0.1, 0.15) is 0 Å². The van der Waals surface area contributed by atoms with Crippen LogP contribution in [0.5, 0.6) is 0 Å². The smallest absolute Gasteiger partial charge is 0.0540 e. The van der Waals surface area contributed by atoms with Crippen molar-refractivity contribution in [1.29, 1.82) is 0 Å². The second-order valence-corrected chi connectivity index (χ2v) is 5.60. The van der Waals surface area contributed by atoms with Crippen LogP contribution in [0.4, 0.5) is 0 Å². The minimum Gasteiger partial charge on any atom is -0.306 e. The lowest BCUT2D eigenvalue weighted by atomic mass is 9.93. The van der Waals surface area contributed by atoms with Gasteiger partial charge in [-0.2, -0.15) is 16.4 Å². The molecule has 3 rings (SSSR count). The van der Waals surface area contributed by atoms with Gasteiger partial charge >= 0.3 is 0 Å². The van der Waals surface area contributed by atoms with Crippen molar-refractivity contribution in [2.75, 3.05) is 0 Å². The second-order valence-electron chi connectivity index (χ2n) is 4.82. The number of hydrogen-bond acceptors (Lipinski definition) is 3. The molecule has 0 saturated carbocycles. The number of rotatable bonds is 4. The fourth-order valence-electron chi connectivity index (χ4n) is 2.74. The normalized spacial score (nSPS) is 18.8. The van der Waals surface area contributed by atoms with Crippen molar-refractivity contribution >= 4 is 11.3 Å². The van der Waals surface area contributed by atoms with E-state index in [-0.39, 0.29) is 0 Å². The third-order valence-electron chi connectivity index (χ3n) is 3.70. The first-order valence-corrected chi connectivity index (χ1v) is 7.61. The van der Waals surface area contributed by atoms with Crippen LogP contribution >= 0.6 is 11.3 Å². The molecule has 1 unspecified atom stereocenters. The number of aromatic nitrogens is 2. The molecule has 0 amide bonds. The molecule has 0 saturated heterocycles. The van der Waals surface area contributed by atoms with E-state index in [1.54, 1.807) is 11.3 Å². The summed E-state index contributed by atoms with van der Waals surface area (Å²) < 4.78 is 2.15. The van der Waals surface area contributed by atoms with Crippen LogP contribution in [-0.2, 0) is 19.5 Å². The van der Waals surface area contributed by atoms with Gasteiger partial charge in [0.15, 0.2) is 0 Å². The van der Waals surface area contributed by atoms with Gasteiger partial charge < -0.3 is 5.32 Å². The summed E-state index contributed by atoms with van der Waals surface area (Å²) in [4.78, 5) is 0. The van der Waals surface area contributed by atoms with Crippen LogP contribution < -0.4 is 5.32 Å². The molecule has 1 aliphatic rings. The van der Waals surface area contributed by atoms with E-state index in [1.807, 2.05) is 0 Å². The summed E-state index contributed by atoms with van der Waals surface area (Å²) in [5.74, 6) is 0. The Hall–Kier alpha value is -1.13. The van der Waals surface area contributed by atoms with Crippen LogP contribution in [0.15, 0.2) is 23.0 Å². The highest BCUT2D eigenvalue weighted by Crippen LogP contribution is 2.29. The molecule has 2 aromatic heterocycles. The summed E-state index contributed by atoms with van der Waals surface area (Å²) in [6, 6.07) is 2.67. The van der Waals surface area contributed by atoms with Gasteiger partial charge in [-0.3, -0.25) is 4.68 Å². The molecule has 18 heavy (non-hydrogen) atoms. The van der Waals surface area contributed by atoms with Gasteiger partial charge in [0.05, 0.1) is 6.20 Å². The van der Waals surface area contributed by atoms with Gasteiger partial charge in [-0.15, -0.1) is 0 Å². The Kier molecular flexibility index (Phi) is 3.48. The van der Waals surface area contributed by atoms with Gasteiger partial charge in [0.25, 0.3) is 0 Å². The molecule has 0 bridgehead atoms. The summed E-state index contributed by atoms with van der Waals surface area (Å²) >= 11 is 1.76. The first-order valence-electron chi connectivity index (χ1n) is 6.67. The highest BCUT2D eigenvalue weighted by atomic mass is 32.1. The van der Waals surface area contributed by atoms with E-state index >= 15 is 0 Å². The van der Waals surface area contributed by atoms with E-state index in [9.17, 15) is 0 Å². The predicted octanol–water partition coefficient (Wildman–Crippen LogP) is 3.13. The minimum absolute atomic E-state index is 0.481. The molecule has 1 aliphatic carbocycles. The lowest BCUT2D eigenvalue weighted by molar-refractivity contribution is 0.448. The Morgan fingerprint density at radius 1 is 1.56 bits per heavy atom. The molecule has 0 aromatic carbocycles. The monoisotopic (exact) mass is 261 g/mol. The SMILES string of the molecule is CCn1ncc2c1CCCC2NCc1ccsc1. The van der Waals surface area contributed by atoms with Gasteiger partial charge in [-0.1, -0.05) is 0 Å². The zero-order valence-electron chi connectivity index (χ0n) is 10.7. The van der Waals surface area contributed by atoms with E-state index in [1.165, 1.54) is 36.1 Å². The van der Waals surface area contributed by atoms with Crippen molar-refractivity contribution in [2.45, 2.75) is 45.3 Å². The molecule has 2 heterocycles. The van der Waals surface area contributed by atoms with E-state index in [0.717, 1.165) is 13.1 Å². The molecule has 4 heteroatoms. The predicted molar refractivity (Wildman–Crippen MR) is 74.7 cm³/mol. The van der Waals surface area contributed by atoms with Gasteiger partial charge in [-0.25, -0.2) is 0 Å². The van der Waals surface area contributed by atoms with Gasteiger partial charge in [0.2, 0.25) is 0 Å². The van der Waals surface area contributed by atoms with Crippen LogP contribution in [0, 0.1) is 0 Å². The van der Waals surface area contributed by atoms with E-state index in [2.05, 4.69) is 45.0 Å². The van der Waals surface area contributed by atoms with Crippen molar-refractivity contribution in [3.05, 3.63) is 39.8 Å². The van der Waals surface area contributed by atoms with Crippen molar-refractivity contribution in [3.63, 3.8) is 0 Å². The number of nitrogens with one attached hydrogen (secondary N) is 1. The van der Waals surface area contributed by atoms with Crippen molar-refractivity contribution < 1.29 is 0 Å². The highest BCUT2D eigenvalue weighted by molar-refractivity contribution is 7.07. The summed E-state index contributed by atoms with van der Waals surface area (Å²) in [7, 11) is 0. The Morgan fingerprint density at radius 2 is 2.50 bits per heavy atom. The molecular formula is C14H19N3S. The maximum atomic E-state index is 4.49. The van der Waals surface area contributed by atoms with E-state index in [0.29, 0.717) is 6.04 Å². The third-order valence-corrected chi connectivity index (χ3v) is 4.43. The maximum absolute atomic E-state index is 4.49. The fourth-order valence-corrected chi connectivity index (χ4v) is 3.41. The molecule has 0 spiro atoms.